The molecule has 2 aliphatic carbocycles. The first-order valence-corrected chi connectivity index (χ1v) is 8.27. The molecule has 0 saturated heterocycles. The lowest BCUT2D eigenvalue weighted by molar-refractivity contribution is -0.142. The molecule has 0 heterocycles. The first-order chi connectivity index (χ1) is 11.0. The minimum atomic E-state index is -0.647. The van der Waals surface area contributed by atoms with Crippen molar-refractivity contribution in [3.05, 3.63) is 27.7 Å². The van der Waals surface area contributed by atoms with Crippen LogP contribution in [0.25, 0.3) is 0 Å². The molecule has 1 fully saturated rings. The molecular weight excluding hydrogens is 364 g/mol. The van der Waals surface area contributed by atoms with Crippen molar-refractivity contribution in [1.29, 1.82) is 0 Å². The van der Waals surface area contributed by atoms with E-state index >= 15 is 0 Å². The molecule has 0 unspecified atom stereocenters. The number of Topliss-reactive ketones (excluding diaryl/α,β-unsaturated/α-hetero) is 2. The van der Waals surface area contributed by atoms with Crippen molar-refractivity contribution in [3.63, 3.8) is 0 Å². The van der Waals surface area contributed by atoms with Crippen molar-refractivity contribution in [1.82, 2.24) is 0 Å². The second kappa shape index (κ2) is 6.07. The lowest BCUT2D eigenvalue weighted by Crippen LogP contribution is -2.33. The standard InChI is InChI=1S/C17H17BrO5/c1-22-12-4-3-10(18)14-9-5-8(7-13(20)23-2)6-11(19)15(9)17(21)16(12)14/h3-4,8-9,15H,5-7H2,1-2H3/t8-,9-,15+/m0/s1. The third kappa shape index (κ3) is 2.59. The van der Waals surface area contributed by atoms with Gasteiger partial charge in [-0.3, -0.25) is 14.4 Å². The van der Waals surface area contributed by atoms with Gasteiger partial charge in [0.05, 0.1) is 25.7 Å². The number of esters is 1. The van der Waals surface area contributed by atoms with Crippen molar-refractivity contribution in [2.45, 2.75) is 25.2 Å². The summed E-state index contributed by atoms with van der Waals surface area (Å²) in [5.41, 5.74) is 1.34. The van der Waals surface area contributed by atoms with Crippen LogP contribution in [0, 0.1) is 11.8 Å². The zero-order valence-corrected chi connectivity index (χ0v) is 14.5. The van der Waals surface area contributed by atoms with E-state index in [0.29, 0.717) is 17.7 Å². The Bertz CT molecular complexity index is 696. The van der Waals surface area contributed by atoms with E-state index < -0.39 is 5.92 Å². The predicted molar refractivity (Wildman–Crippen MR) is 85.6 cm³/mol. The quantitative estimate of drug-likeness (QED) is 0.595. The van der Waals surface area contributed by atoms with E-state index in [1.54, 1.807) is 6.07 Å². The third-order valence-corrected chi connectivity index (χ3v) is 5.47. The van der Waals surface area contributed by atoms with E-state index in [0.717, 1.165) is 10.0 Å². The van der Waals surface area contributed by atoms with Gasteiger partial charge in [-0.25, -0.2) is 0 Å². The molecule has 3 rings (SSSR count). The zero-order valence-electron chi connectivity index (χ0n) is 12.9. The van der Waals surface area contributed by atoms with Crippen LogP contribution in [0.3, 0.4) is 0 Å². The van der Waals surface area contributed by atoms with Gasteiger partial charge in [0.1, 0.15) is 11.5 Å². The molecule has 0 N–H and O–H groups in total. The molecule has 6 heteroatoms. The Labute approximate surface area is 142 Å². The van der Waals surface area contributed by atoms with Gasteiger partial charge in [-0.2, -0.15) is 0 Å². The monoisotopic (exact) mass is 380 g/mol. The van der Waals surface area contributed by atoms with Crippen LogP contribution in [0.5, 0.6) is 5.75 Å². The lowest BCUT2D eigenvalue weighted by atomic mass is 9.72. The normalized spacial score (nSPS) is 25.8. The molecular formula is C17H17BrO5. The maximum Gasteiger partial charge on any atom is 0.305 e. The lowest BCUT2D eigenvalue weighted by Gasteiger charge is -2.30. The number of ketones is 2. The smallest absolute Gasteiger partial charge is 0.305 e. The summed E-state index contributed by atoms with van der Waals surface area (Å²) in [6, 6.07) is 3.57. The van der Waals surface area contributed by atoms with Crippen molar-refractivity contribution in [2.24, 2.45) is 11.8 Å². The van der Waals surface area contributed by atoms with Gasteiger partial charge < -0.3 is 9.47 Å². The first kappa shape index (κ1) is 16.2. The van der Waals surface area contributed by atoms with Gasteiger partial charge in [-0.05, 0) is 30.0 Å². The van der Waals surface area contributed by atoms with Gasteiger partial charge in [-0.15, -0.1) is 0 Å². The highest BCUT2D eigenvalue weighted by Crippen LogP contribution is 2.52. The summed E-state index contributed by atoms with van der Waals surface area (Å²) in [7, 11) is 2.85. The Morgan fingerprint density at radius 2 is 2.04 bits per heavy atom. The number of halogens is 1. The summed E-state index contributed by atoms with van der Waals surface area (Å²) in [6.45, 7) is 0. The molecule has 0 amide bonds. The topological polar surface area (TPSA) is 69.7 Å². The highest BCUT2D eigenvalue weighted by atomic mass is 79.9. The number of methoxy groups -OCH3 is 2. The zero-order chi connectivity index (χ0) is 16.7. The molecule has 1 aromatic carbocycles. The fourth-order valence-corrected chi connectivity index (χ4v) is 4.44. The van der Waals surface area contributed by atoms with Crippen LogP contribution in [-0.2, 0) is 14.3 Å². The number of rotatable bonds is 3. The average molecular weight is 381 g/mol. The average Bonchev–Trinajstić information content (AvgIpc) is 2.82. The van der Waals surface area contributed by atoms with E-state index in [4.69, 9.17) is 9.47 Å². The summed E-state index contributed by atoms with van der Waals surface area (Å²) >= 11 is 3.49. The molecule has 23 heavy (non-hydrogen) atoms. The summed E-state index contributed by atoms with van der Waals surface area (Å²) < 4.78 is 10.8. The molecule has 0 aliphatic heterocycles. The van der Waals surface area contributed by atoms with E-state index in [9.17, 15) is 14.4 Å². The van der Waals surface area contributed by atoms with Crippen LogP contribution < -0.4 is 4.74 Å². The first-order valence-electron chi connectivity index (χ1n) is 7.48. The van der Waals surface area contributed by atoms with Crippen LogP contribution in [0.1, 0.15) is 41.1 Å². The van der Waals surface area contributed by atoms with Crippen molar-refractivity contribution in [3.8, 4) is 5.75 Å². The number of carbonyl (C=O) groups excluding carboxylic acids is 3. The van der Waals surface area contributed by atoms with Crippen LogP contribution in [0.2, 0.25) is 0 Å². The minimum absolute atomic E-state index is 0.0898. The second-order valence-corrected chi connectivity index (χ2v) is 6.89. The summed E-state index contributed by atoms with van der Waals surface area (Å²) in [5.74, 6) is -1.01. The Hall–Kier alpha value is -1.69. The molecule has 1 saturated carbocycles. The van der Waals surface area contributed by atoms with Gasteiger partial charge in [0.25, 0.3) is 0 Å². The molecule has 0 radical (unpaired) electrons. The highest BCUT2D eigenvalue weighted by Gasteiger charge is 2.50. The highest BCUT2D eigenvalue weighted by molar-refractivity contribution is 9.10. The number of hydrogen-bond acceptors (Lipinski definition) is 5. The summed E-state index contributed by atoms with van der Waals surface area (Å²) in [5, 5.41) is 0. The number of fused-ring (bicyclic) bond motifs is 3. The number of benzene rings is 1. The third-order valence-electron chi connectivity index (χ3n) is 4.78. The van der Waals surface area contributed by atoms with Crippen LogP contribution in [-0.4, -0.2) is 31.8 Å². The van der Waals surface area contributed by atoms with Gasteiger partial charge in [0, 0.05) is 23.2 Å². The molecule has 3 atom stereocenters. The number of ether oxygens (including phenoxy) is 2. The maximum absolute atomic E-state index is 12.7. The van der Waals surface area contributed by atoms with Crippen molar-refractivity contribution in [2.75, 3.05) is 14.2 Å². The predicted octanol–water partition coefficient (Wildman–Crippen LogP) is 2.90. The van der Waals surface area contributed by atoms with Crippen LogP contribution >= 0.6 is 15.9 Å². The Morgan fingerprint density at radius 1 is 1.30 bits per heavy atom. The fraction of sp³-hybridized carbons (Fsp3) is 0.471. The molecule has 0 bridgehead atoms. The molecule has 1 aromatic rings. The van der Waals surface area contributed by atoms with Crippen molar-refractivity contribution >= 4 is 33.5 Å². The molecule has 5 nitrogen and oxygen atoms in total. The van der Waals surface area contributed by atoms with E-state index in [-0.39, 0.29) is 42.2 Å². The van der Waals surface area contributed by atoms with Gasteiger partial charge >= 0.3 is 5.97 Å². The van der Waals surface area contributed by atoms with Gasteiger partial charge in [0.15, 0.2) is 5.78 Å². The number of hydrogen-bond donors (Lipinski definition) is 0. The van der Waals surface area contributed by atoms with Crippen LogP contribution in [0.15, 0.2) is 16.6 Å². The minimum Gasteiger partial charge on any atom is -0.496 e. The van der Waals surface area contributed by atoms with Gasteiger partial charge in [0.2, 0.25) is 0 Å². The maximum atomic E-state index is 12.7. The van der Waals surface area contributed by atoms with E-state index in [2.05, 4.69) is 15.9 Å². The Kier molecular flexibility index (Phi) is 4.27. The second-order valence-electron chi connectivity index (χ2n) is 6.04. The number of carbonyl (C=O) groups is 3. The molecule has 122 valence electrons. The summed E-state index contributed by atoms with van der Waals surface area (Å²) in [6.07, 6.45) is 1.07. The SMILES string of the molecule is COC(=O)C[C@@H]1CC(=O)[C@@H]2C(=O)c3c(OC)ccc(Br)c3[C@@H]2C1. The Morgan fingerprint density at radius 3 is 2.70 bits per heavy atom. The van der Waals surface area contributed by atoms with E-state index in [1.165, 1.54) is 14.2 Å². The molecule has 0 aromatic heterocycles. The van der Waals surface area contributed by atoms with Crippen LogP contribution in [0.4, 0.5) is 0 Å². The van der Waals surface area contributed by atoms with E-state index in [1.807, 2.05) is 6.07 Å². The largest absolute Gasteiger partial charge is 0.496 e. The fourth-order valence-electron chi connectivity index (χ4n) is 3.82. The molecule has 0 spiro atoms. The molecule has 2 aliphatic rings. The summed E-state index contributed by atoms with van der Waals surface area (Å²) in [4.78, 5) is 36.8. The van der Waals surface area contributed by atoms with Gasteiger partial charge in [-0.1, -0.05) is 15.9 Å². The Balaban J connectivity index is 2.00. The van der Waals surface area contributed by atoms with Crippen molar-refractivity contribution < 1.29 is 23.9 Å².